The summed E-state index contributed by atoms with van der Waals surface area (Å²) in [6.45, 7) is 10.7. The number of alkyl halides is 3. The molecule has 0 spiro atoms. The summed E-state index contributed by atoms with van der Waals surface area (Å²) < 4.78 is 74.8. The molecule has 0 heterocycles. The molecule has 0 radical (unpaired) electrons. The maximum Gasteiger partial charge on any atom is 0.309 e. The van der Waals surface area contributed by atoms with E-state index in [1.165, 1.54) is 0 Å². The Balaban J connectivity index is 5.24. The molecule has 2 unspecified atom stereocenters. The molecule has 0 saturated heterocycles. The van der Waals surface area contributed by atoms with Crippen molar-refractivity contribution in [2.75, 3.05) is 6.61 Å². The third-order valence-corrected chi connectivity index (χ3v) is 6.53. The minimum atomic E-state index is -5.66. The number of esters is 1. The number of carbonyl (C=O) groups excluding carboxylic acids is 1. The van der Waals surface area contributed by atoms with Gasteiger partial charge >= 0.3 is 16.1 Å². The van der Waals surface area contributed by atoms with Crippen molar-refractivity contribution in [1.82, 2.24) is 0 Å². The molecular weight excluding hydrogens is 373 g/mol. The van der Waals surface area contributed by atoms with Crippen LogP contribution < -0.4 is 0 Å². The molecule has 0 bridgehead atoms. The summed E-state index contributed by atoms with van der Waals surface area (Å²) in [5.41, 5.74) is -0.612. The smallest absolute Gasteiger partial charge is 0.309 e. The van der Waals surface area contributed by atoms with E-state index in [0.717, 1.165) is 6.42 Å². The molecule has 0 aromatic rings. The van der Waals surface area contributed by atoms with Crippen molar-refractivity contribution in [3.63, 3.8) is 0 Å². The van der Waals surface area contributed by atoms with E-state index < -0.39 is 51.9 Å². The third-order valence-electron chi connectivity index (χ3n) is 5.29. The topological polar surface area (TPSA) is 80.7 Å². The maximum absolute atomic E-state index is 13.9. The molecule has 0 aliphatic heterocycles. The Morgan fingerprint density at radius 1 is 1.12 bits per heavy atom. The molecule has 1 N–H and O–H groups in total. The van der Waals surface area contributed by atoms with Gasteiger partial charge in [-0.15, -0.1) is 0 Å². The second-order valence-electron chi connectivity index (χ2n) is 8.10. The Morgan fingerprint density at radius 3 is 1.96 bits per heavy atom. The summed E-state index contributed by atoms with van der Waals surface area (Å²) in [4.78, 5) is 12.5. The molecule has 9 heteroatoms. The minimum absolute atomic E-state index is 0.169. The highest BCUT2D eigenvalue weighted by atomic mass is 32.2. The Hall–Kier alpha value is -0.830. The number of rotatable bonds is 11. The Labute approximate surface area is 154 Å². The van der Waals surface area contributed by atoms with E-state index >= 15 is 0 Å². The fourth-order valence-electron chi connectivity index (χ4n) is 2.36. The van der Waals surface area contributed by atoms with E-state index in [0.29, 0.717) is 12.8 Å². The first-order valence-corrected chi connectivity index (χ1v) is 10.1. The van der Waals surface area contributed by atoms with Crippen LogP contribution in [0.2, 0.25) is 0 Å². The van der Waals surface area contributed by atoms with Gasteiger partial charge in [-0.25, -0.2) is 13.2 Å². The van der Waals surface area contributed by atoms with Crippen LogP contribution in [0.5, 0.6) is 0 Å². The molecule has 0 aliphatic rings. The number of halogens is 3. The van der Waals surface area contributed by atoms with Crippen molar-refractivity contribution in [1.29, 1.82) is 0 Å². The number of hydrogen-bond donors (Lipinski definition) is 1. The largest absolute Gasteiger partial charge is 0.465 e. The van der Waals surface area contributed by atoms with E-state index in [-0.39, 0.29) is 5.41 Å². The SMILES string of the molecule is CCC(C)(C)CC(C(=O)OCCC(F)(C(F)F)S(=O)(=O)O)C(C)(C)CC. The molecule has 0 rings (SSSR count). The van der Waals surface area contributed by atoms with Gasteiger partial charge in [0.15, 0.2) is 0 Å². The predicted octanol–water partition coefficient (Wildman–Crippen LogP) is 4.62. The van der Waals surface area contributed by atoms with Crippen LogP contribution in [0.4, 0.5) is 13.2 Å². The standard InChI is InChI=1S/C17H31F3O5S/c1-7-15(3,4)11-12(16(5,6)8-2)13(21)25-10-9-17(20,14(18)19)26(22,23)24/h12,14H,7-11H2,1-6H3,(H,22,23,24). The van der Waals surface area contributed by atoms with Crippen molar-refractivity contribution < 1.29 is 35.7 Å². The van der Waals surface area contributed by atoms with E-state index in [9.17, 15) is 26.4 Å². The first-order chi connectivity index (χ1) is 11.5. The predicted molar refractivity (Wildman–Crippen MR) is 93.2 cm³/mol. The molecule has 0 amide bonds. The number of ether oxygens (including phenoxy) is 1. The van der Waals surface area contributed by atoms with Crippen molar-refractivity contribution in [2.45, 2.75) is 78.7 Å². The van der Waals surface area contributed by atoms with Crippen molar-refractivity contribution in [2.24, 2.45) is 16.7 Å². The van der Waals surface area contributed by atoms with Crippen molar-refractivity contribution in [3.8, 4) is 0 Å². The summed E-state index contributed by atoms with van der Waals surface area (Å²) in [5.74, 6) is -1.25. The fraction of sp³-hybridized carbons (Fsp3) is 0.941. The van der Waals surface area contributed by atoms with Crippen LogP contribution in [-0.4, -0.2) is 37.0 Å². The third kappa shape index (κ3) is 6.40. The molecule has 156 valence electrons. The summed E-state index contributed by atoms with van der Waals surface area (Å²) in [5, 5.41) is -4.16. The van der Waals surface area contributed by atoms with Crippen molar-refractivity contribution >= 4 is 16.1 Å². The summed E-state index contributed by atoms with van der Waals surface area (Å²) in [7, 11) is -5.66. The lowest BCUT2D eigenvalue weighted by Crippen LogP contribution is -2.42. The van der Waals surface area contributed by atoms with E-state index in [1.54, 1.807) is 0 Å². The zero-order valence-corrected chi connectivity index (χ0v) is 17.1. The highest BCUT2D eigenvalue weighted by Gasteiger charge is 2.52. The van der Waals surface area contributed by atoms with Crippen LogP contribution in [0, 0.1) is 16.7 Å². The van der Waals surface area contributed by atoms with Crippen LogP contribution >= 0.6 is 0 Å². The summed E-state index contributed by atoms with van der Waals surface area (Å²) >= 11 is 0. The van der Waals surface area contributed by atoms with Gasteiger partial charge in [-0.05, 0) is 17.3 Å². The summed E-state index contributed by atoms with van der Waals surface area (Å²) in [6, 6.07) is 0. The monoisotopic (exact) mass is 404 g/mol. The lowest BCUT2D eigenvalue weighted by atomic mass is 9.68. The van der Waals surface area contributed by atoms with Gasteiger partial charge in [0.05, 0.1) is 12.5 Å². The highest BCUT2D eigenvalue weighted by Crippen LogP contribution is 2.41. The quantitative estimate of drug-likeness (QED) is 0.401. The van der Waals surface area contributed by atoms with Gasteiger partial charge in [0.25, 0.3) is 11.4 Å². The normalized spacial score (nSPS) is 17.0. The average Bonchev–Trinajstić information content (AvgIpc) is 2.50. The number of hydrogen-bond acceptors (Lipinski definition) is 4. The average molecular weight is 404 g/mol. The lowest BCUT2D eigenvalue weighted by Gasteiger charge is -2.37. The molecule has 0 fully saturated rings. The molecule has 2 atom stereocenters. The second kappa shape index (κ2) is 8.91. The molecule has 0 aromatic heterocycles. The highest BCUT2D eigenvalue weighted by molar-refractivity contribution is 7.87. The minimum Gasteiger partial charge on any atom is -0.465 e. The van der Waals surface area contributed by atoms with Gasteiger partial charge in [0, 0.05) is 6.42 Å². The Kier molecular flexibility index (Phi) is 8.62. The number of carbonyl (C=O) groups is 1. The van der Waals surface area contributed by atoms with Crippen LogP contribution in [0.15, 0.2) is 0 Å². The van der Waals surface area contributed by atoms with Gasteiger partial charge in [0.1, 0.15) is 0 Å². The van der Waals surface area contributed by atoms with Crippen LogP contribution in [0.3, 0.4) is 0 Å². The van der Waals surface area contributed by atoms with Gasteiger partial charge in [-0.2, -0.15) is 8.42 Å². The lowest BCUT2D eigenvalue weighted by molar-refractivity contribution is -0.156. The zero-order valence-electron chi connectivity index (χ0n) is 16.3. The van der Waals surface area contributed by atoms with Crippen molar-refractivity contribution in [3.05, 3.63) is 0 Å². The van der Waals surface area contributed by atoms with Gasteiger partial charge in [-0.3, -0.25) is 9.35 Å². The molecule has 0 aromatic carbocycles. The molecule has 0 saturated carbocycles. The van der Waals surface area contributed by atoms with E-state index in [1.807, 2.05) is 41.5 Å². The van der Waals surface area contributed by atoms with Gasteiger partial charge < -0.3 is 4.74 Å². The Bertz CT molecular complexity index is 575. The Morgan fingerprint density at radius 2 is 1.62 bits per heavy atom. The maximum atomic E-state index is 13.9. The molecule has 26 heavy (non-hydrogen) atoms. The molecule has 5 nitrogen and oxygen atoms in total. The van der Waals surface area contributed by atoms with Crippen LogP contribution in [0.1, 0.15) is 67.2 Å². The van der Waals surface area contributed by atoms with E-state index in [4.69, 9.17) is 9.29 Å². The second-order valence-corrected chi connectivity index (χ2v) is 9.72. The molecule has 0 aliphatic carbocycles. The van der Waals surface area contributed by atoms with Gasteiger partial charge in [-0.1, -0.05) is 54.4 Å². The van der Waals surface area contributed by atoms with E-state index in [2.05, 4.69) is 0 Å². The zero-order chi connectivity index (χ0) is 21.0. The first kappa shape index (κ1) is 25.2. The van der Waals surface area contributed by atoms with Crippen LogP contribution in [-0.2, 0) is 19.6 Å². The molecular formula is C17H31F3O5S. The fourth-order valence-corrected chi connectivity index (χ4v) is 2.93. The first-order valence-electron chi connectivity index (χ1n) is 8.65. The van der Waals surface area contributed by atoms with Gasteiger partial charge in [0.2, 0.25) is 0 Å². The summed E-state index contributed by atoms with van der Waals surface area (Å²) in [6.07, 6.45) is -3.36. The van der Waals surface area contributed by atoms with Crippen LogP contribution in [0.25, 0.3) is 0 Å².